The maximum absolute atomic E-state index is 10.9. The van der Waals surface area contributed by atoms with Crippen LogP contribution in [-0.4, -0.2) is 66.3 Å². The van der Waals surface area contributed by atoms with E-state index in [2.05, 4.69) is 9.97 Å². The molecule has 7 heteroatoms. The van der Waals surface area contributed by atoms with Crippen molar-refractivity contribution >= 4 is 11.9 Å². The molecule has 0 aromatic carbocycles. The molecule has 0 aliphatic rings. The Balaban J connectivity index is 2.79. The first-order chi connectivity index (χ1) is 9.52. The molecule has 1 aromatic rings. The van der Waals surface area contributed by atoms with Crippen molar-refractivity contribution in [3.05, 3.63) is 12.3 Å². The first kappa shape index (κ1) is 16.2. The SMILES string of the molecule is CCCOc1ccnc(N(CCN(C)C)CC(=O)O)n1. The lowest BCUT2D eigenvalue weighted by Crippen LogP contribution is -2.36. The molecule has 0 spiro atoms. The van der Waals surface area contributed by atoms with E-state index in [1.54, 1.807) is 17.2 Å². The molecule has 0 aliphatic carbocycles. The van der Waals surface area contributed by atoms with Gasteiger partial charge >= 0.3 is 5.97 Å². The van der Waals surface area contributed by atoms with Gasteiger partial charge in [-0.15, -0.1) is 0 Å². The molecule has 1 heterocycles. The van der Waals surface area contributed by atoms with Gasteiger partial charge in [0.2, 0.25) is 11.8 Å². The Hall–Kier alpha value is -1.89. The normalized spacial score (nSPS) is 10.6. The van der Waals surface area contributed by atoms with Crippen molar-refractivity contribution < 1.29 is 14.6 Å². The van der Waals surface area contributed by atoms with E-state index in [1.807, 2.05) is 25.9 Å². The summed E-state index contributed by atoms with van der Waals surface area (Å²) in [5, 5.41) is 8.98. The molecule has 0 amide bonds. The highest BCUT2D eigenvalue weighted by atomic mass is 16.5. The Morgan fingerprint density at radius 1 is 1.40 bits per heavy atom. The summed E-state index contributed by atoms with van der Waals surface area (Å²) in [6.07, 6.45) is 2.47. The lowest BCUT2D eigenvalue weighted by molar-refractivity contribution is -0.135. The third-order valence-electron chi connectivity index (χ3n) is 2.50. The number of carbonyl (C=O) groups is 1. The number of likely N-dealkylation sites (N-methyl/N-ethyl adjacent to an activating group) is 1. The summed E-state index contributed by atoms with van der Waals surface area (Å²) in [6, 6.07) is 1.67. The number of hydrogen-bond acceptors (Lipinski definition) is 6. The maximum atomic E-state index is 10.9. The topological polar surface area (TPSA) is 78.8 Å². The van der Waals surface area contributed by atoms with Gasteiger partial charge in [-0.1, -0.05) is 6.92 Å². The number of carboxylic acids is 1. The highest BCUT2D eigenvalue weighted by Gasteiger charge is 2.14. The molecular weight excluding hydrogens is 260 g/mol. The van der Waals surface area contributed by atoms with Gasteiger partial charge in [0.05, 0.1) is 6.61 Å². The van der Waals surface area contributed by atoms with Gasteiger partial charge in [0.25, 0.3) is 0 Å². The second-order valence-electron chi connectivity index (χ2n) is 4.66. The predicted molar refractivity (Wildman–Crippen MR) is 76.2 cm³/mol. The second-order valence-corrected chi connectivity index (χ2v) is 4.66. The lowest BCUT2D eigenvalue weighted by Gasteiger charge is -2.22. The van der Waals surface area contributed by atoms with Gasteiger partial charge in [0, 0.05) is 25.4 Å². The highest BCUT2D eigenvalue weighted by Crippen LogP contribution is 2.12. The zero-order chi connectivity index (χ0) is 15.0. The van der Waals surface area contributed by atoms with Crippen molar-refractivity contribution in [1.29, 1.82) is 0 Å². The molecule has 112 valence electrons. The minimum absolute atomic E-state index is 0.134. The number of anilines is 1. The van der Waals surface area contributed by atoms with Crippen LogP contribution < -0.4 is 9.64 Å². The standard InChI is InChI=1S/C13H22N4O3/c1-4-9-20-11-5-6-14-13(15-11)17(10-12(18)19)8-7-16(2)3/h5-6H,4,7-10H2,1-3H3,(H,18,19). The van der Waals surface area contributed by atoms with Crippen molar-refractivity contribution in [2.24, 2.45) is 0 Å². The van der Waals surface area contributed by atoms with Gasteiger partial charge in [-0.3, -0.25) is 4.79 Å². The predicted octanol–water partition coefficient (Wildman–Crippen LogP) is 0.718. The second kappa shape index (κ2) is 8.31. The third-order valence-corrected chi connectivity index (χ3v) is 2.50. The van der Waals surface area contributed by atoms with Crippen LogP contribution in [0, 0.1) is 0 Å². The van der Waals surface area contributed by atoms with Gasteiger partial charge in [0.15, 0.2) is 0 Å². The van der Waals surface area contributed by atoms with E-state index in [0.717, 1.165) is 13.0 Å². The van der Waals surface area contributed by atoms with Crippen molar-refractivity contribution in [1.82, 2.24) is 14.9 Å². The average Bonchev–Trinajstić information content (AvgIpc) is 2.41. The monoisotopic (exact) mass is 282 g/mol. The Labute approximate surface area is 119 Å². The van der Waals surface area contributed by atoms with E-state index in [9.17, 15) is 4.79 Å². The molecule has 1 rings (SSSR count). The fourth-order valence-electron chi connectivity index (χ4n) is 1.51. The molecule has 0 aliphatic heterocycles. The first-order valence-electron chi connectivity index (χ1n) is 6.60. The maximum Gasteiger partial charge on any atom is 0.323 e. The van der Waals surface area contributed by atoms with Crippen LogP contribution in [0.4, 0.5) is 5.95 Å². The fraction of sp³-hybridized carbons (Fsp3) is 0.615. The summed E-state index contributed by atoms with van der Waals surface area (Å²) in [5.74, 6) is -0.0628. The van der Waals surface area contributed by atoms with E-state index in [1.165, 1.54) is 0 Å². The van der Waals surface area contributed by atoms with Crippen LogP contribution in [0.3, 0.4) is 0 Å². The molecule has 20 heavy (non-hydrogen) atoms. The van der Waals surface area contributed by atoms with Gasteiger partial charge in [-0.05, 0) is 20.5 Å². The van der Waals surface area contributed by atoms with Crippen molar-refractivity contribution in [2.45, 2.75) is 13.3 Å². The zero-order valence-electron chi connectivity index (χ0n) is 12.2. The van der Waals surface area contributed by atoms with Crippen LogP contribution in [0.5, 0.6) is 5.88 Å². The molecule has 0 radical (unpaired) electrons. The number of rotatable bonds is 9. The number of aliphatic carboxylic acids is 1. The summed E-state index contributed by atoms with van der Waals surface area (Å²) in [4.78, 5) is 22.9. The summed E-state index contributed by atoms with van der Waals surface area (Å²) in [7, 11) is 3.86. The Morgan fingerprint density at radius 2 is 2.15 bits per heavy atom. The van der Waals surface area contributed by atoms with E-state index in [4.69, 9.17) is 9.84 Å². The Morgan fingerprint density at radius 3 is 2.75 bits per heavy atom. The van der Waals surface area contributed by atoms with Crippen molar-refractivity contribution in [3.8, 4) is 5.88 Å². The van der Waals surface area contributed by atoms with Gasteiger partial charge < -0.3 is 19.6 Å². The third kappa shape index (κ3) is 5.83. The van der Waals surface area contributed by atoms with Crippen LogP contribution in [0.1, 0.15) is 13.3 Å². The van der Waals surface area contributed by atoms with Crippen molar-refractivity contribution in [3.63, 3.8) is 0 Å². The zero-order valence-corrected chi connectivity index (χ0v) is 12.2. The summed E-state index contributed by atoms with van der Waals surface area (Å²) in [6.45, 7) is 3.71. The fourth-order valence-corrected chi connectivity index (χ4v) is 1.51. The van der Waals surface area contributed by atoms with E-state index in [-0.39, 0.29) is 6.54 Å². The molecule has 1 N–H and O–H groups in total. The van der Waals surface area contributed by atoms with Gasteiger partial charge in [-0.25, -0.2) is 4.98 Å². The molecule has 0 unspecified atom stereocenters. The Kier molecular flexibility index (Phi) is 6.72. The molecular formula is C13H22N4O3. The van der Waals surface area contributed by atoms with Crippen LogP contribution in [0.15, 0.2) is 12.3 Å². The number of carboxylic acid groups (broad SMARTS) is 1. The molecule has 7 nitrogen and oxygen atoms in total. The molecule has 0 atom stereocenters. The largest absolute Gasteiger partial charge is 0.480 e. The summed E-state index contributed by atoms with van der Waals surface area (Å²) >= 11 is 0. The van der Waals surface area contributed by atoms with Gasteiger partial charge in [-0.2, -0.15) is 4.98 Å². The lowest BCUT2D eigenvalue weighted by atomic mass is 10.4. The van der Waals surface area contributed by atoms with Crippen LogP contribution >= 0.6 is 0 Å². The number of hydrogen-bond donors (Lipinski definition) is 1. The average molecular weight is 282 g/mol. The number of ether oxygens (including phenoxy) is 1. The first-order valence-corrected chi connectivity index (χ1v) is 6.60. The van der Waals surface area contributed by atoms with Gasteiger partial charge in [0.1, 0.15) is 6.54 Å². The van der Waals surface area contributed by atoms with Crippen LogP contribution in [0.25, 0.3) is 0 Å². The summed E-state index contributed by atoms with van der Waals surface area (Å²) < 4.78 is 5.44. The highest BCUT2D eigenvalue weighted by molar-refractivity contribution is 5.72. The van der Waals surface area contributed by atoms with Crippen LogP contribution in [-0.2, 0) is 4.79 Å². The molecule has 0 saturated carbocycles. The van der Waals surface area contributed by atoms with E-state index >= 15 is 0 Å². The van der Waals surface area contributed by atoms with E-state index in [0.29, 0.717) is 25.0 Å². The molecule has 0 fully saturated rings. The smallest absolute Gasteiger partial charge is 0.323 e. The van der Waals surface area contributed by atoms with Crippen molar-refractivity contribution in [2.75, 3.05) is 45.2 Å². The summed E-state index contributed by atoms with van der Waals surface area (Å²) in [5.41, 5.74) is 0. The Bertz CT molecular complexity index is 426. The quantitative estimate of drug-likeness (QED) is 0.715. The van der Waals surface area contributed by atoms with Crippen LogP contribution in [0.2, 0.25) is 0 Å². The minimum Gasteiger partial charge on any atom is -0.480 e. The minimum atomic E-state index is -0.910. The molecule has 1 aromatic heterocycles. The molecule has 0 bridgehead atoms. The number of aromatic nitrogens is 2. The van der Waals surface area contributed by atoms with E-state index < -0.39 is 5.97 Å². The number of nitrogens with zero attached hydrogens (tertiary/aromatic N) is 4. The molecule has 0 saturated heterocycles.